The number of nitrogens with zero attached hydrogens (tertiary/aromatic N) is 4. The van der Waals surface area contributed by atoms with Crippen LogP contribution in [-0.2, 0) is 17.8 Å². The van der Waals surface area contributed by atoms with E-state index in [4.69, 9.17) is 4.52 Å². The Labute approximate surface area is 130 Å². The first kappa shape index (κ1) is 14.8. The summed E-state index contributed by atoms with van der Waals surface area (Å²) in [4.78, 5) is 18.6. The highest BCUT2D eigenvalue weighted by Crippen LogP contribution is 2.20. The number of hydrogen-bond donors (Lipinski definition) is 0. The minimum absolute atomic E-state index is 0.128. The standard InChI is InChI=1S/C16H22N4O2/c1-12-8-15(22-18-12)9-16(21)20-6-3-4-14(11-20)10-19-7-5-17-13(19)2/h5,7-8,14H,3-4,6,9-11H2,1-2H3/t14-/m0/s1. The maximum atomic E-state index is 12.4. The van der Waals surface area contributed by atoms with Gasteiger partial charge in [0.25, 0.3) is 0 Å². The first-order valence-electron chi connectivity index (χ1n) is 7.79. The number of carbonyl (C=O) groups excluding carboxylic acids is 1. The van der Waals surface area contributed by atoms with Crippen LogP contribution in [0.4, 0.5) is 0 Å². The molecule has 0 aliphatic carbocycles. The molecule has 6 nitrogen and oxygen atoms in total. The van der Waals surface area contributed by atoms with Gasteiger partial charge < -0.3 is 14.0 Å². The van der Waals surface area contributed by atoms with Gasteiger partial charge in [0.15, 0.2) is 0 Å². The largest absolute Gasteiger partial charge is 0.361 e. The third-order valence-electron chi connectivity index (χ3n) is 4.25. The van der Waals surface area contributed by atoms with Gasteiger partial charge in [-0.05, 0) is 32.6 Å². The first-order valence-corrected chi connectivity index (χ1v) is 7.79. The van der Waals surface area contributed by atoms with E-state index in [0.29, 0.717) is 18.1 Å². The number of amides is 1. The van der Waals surface area contributed by atoms with Crippen molar-refractivity contribution in [2.75, 3.05) is 13.1 Å². The zero-order valence-electron chi connectivity index (χ0n) is 13.2. The molecule has 22 heavy (non-hydrogen) atoms. The maximum Gasteiger partial charge on any atom is 0.230 e. The molecule has 0 bridgehead atoms. The number of aromatic nitrogens is 3. The van der Waals surface area contributed by atoms with E-state index in [0.717, 1.165) is 44.0 Å². The second kappa shape index (κ2) is 6.34. The molecule has 1 atom stereocenters. The quantitative estimate of drug-likeness (QED) is 0.866. The van der Waals surface area contributed by atoms with Crippen LogP contribution in [-0.4, -0.2) is 38.6 Å². The normalized spacial score (nSPS) is 18.6. The highest BCUT2D eigenvalue weighted by Gasteiger charge is 2.25. The number of piperidine rings is 1. The summed E-state index contributed by atoms with van der Waals surface area (Å²) in [5.41, 5.74) is 0.815. The minimum atomic E-state index is 0.128. The number of carbonyl (C=O) groups is 1. The number of aryl methyl sites for hydroxylation is 2. The van der Waals surface area contributed by atoms with E-state index in [1.54, 1.807) is 0 Å². The molecule has 3 rings (SSSR count). The lowest BCUT2D eigenvalue weighted by atomic mass is 9.97. The predicted octanol–water partition coefficient (Wildman–Crippen LogP) is 1.97. The minimum Gasteiger partial charge on any atom is -0.361 e. The van der Waals surface area contributed by atoms with E-state index in [2.05, 4.69) is 14.7 Å². The summed E-state index contributed by atoms with van der Waals surface area (Å²) in [6.45, 7) is 6.45. The summed E-state index contributed by atoms with van der Waals surface area (Å²) in [6.07, 6.45) is 6.35. The van der Waals surface area contributed by atoms with Gasteiger partial charge >= 0.3 is 0 Å². The molecule has 118 valence electrons. The zero-order valence-corrected chi connectivity index (χ0v) is 13.2. The lowest BCUT2D eigenvalue weighted by Crippen LogP contribution is -2.41. The summed E-state index contributed by atoms with van der Waals surface area (Å²) in [5, 5.41) is 3.83. The molecule has 0 unspecified atom stereocenters. The van der Waals surface area contributed by atoms with Crippen LogP contribution in [0.1, 0.15) is 30.1 Å². The second-order valence-electron chi connectivity index (χ2n) is 6.09. The molecule has 3 heterocycles. The van der Waals surface area contributed by atoms with Crippen molar-refractivity contribution >= 4 is 5.91 Å². The average Bonchev–Trinajstić information content (AvgIpc) is 3.08. The monoisotopic (exact) mass is 302 g/mol. The Morgan fingerprint density at radius 3 is 3.00 bits per heavy atom. The fourth-order valence-electron chi connectivity index (χ4n) is 3.08. The van der Waals surface area contributed by atoms with Crippen molar-refractivity contribution in [3.8, 4) is 0 Å². The van der Waals surface area contributed by atoms with Crippen LogP contribution in [0.3, 0.4) is 0 Å². The van der Waals surface area contributed by atoms with Crippen molar-refractivity contribution in [1.82, 2.24) is 19.6 Å². The molecule has 0 aromatic carbocycles. The second-order valence-corrected chi connectivity index (χ2v) is 6.09. The van der Waals surface area contributed by atoms with E-state index < -0.39 is 0 Å². The van der Waals surface area contributed by atoms with Crippen molar-refractivity contribution < 1.29 is 9.32 Å². The molecule has 1 aliphatic heterocycles. The SMILES string of the molecule is Cc1cc(CC(=O)N2CCC[C@@H](Cn3ccnc3C)C2)on1. The highest BCUT2D eigenvalue weighted by molar-refractivity contribution is 5.78. The molecule has 1 fully saturated rings. The molecule has 0 radical (unpaired) electrons. The van der Waals surface area contributed by atoms with E-state index in [-0.39, 0.29) is 5.91 Å². The lowest BCUT2D eigenvalue weighted by molar-refractivity contribution is -0.132. The van der Waals surface area contributed by atoms with Crippen LogP contribution in [0.15, 0.2) is 23.0 Å². The van der Waals surface area contributed by atoms with Gasteiger partial charge in [-0.2, -0.15) is 0 Å². The van der Waals surface area contributed by atoms with Crippen molar-refractivity contribution in [3.05, 3.63) is 35.7 Å². The van der Waals surface area contributed by atoms with Crippen LogP contribution >= 0.6 is 0 Å². The smallest absolute Gasteiger partial charge is 0.230 e. The molecule has 6 heteroatoms. The molecule has 1 aliphatic rings. The Balaban J connectivity index is 1.58. The zero-order chi connectivity index (χ0) is 15.5. The maximum absolute atomic E-state index is 12.4. The van der Waals surface area contributed by atoms with E-state index in [1.807, 2.05) is 37.2 Å². The van der Waals surface area contributed by atoms with Crippen LogP contribution < -0.4 is 0 Å². The van der Waals surface area contributed by atoms with Gasteiger partial charge in [0.1, 0.15) is 11.6 Å². The van der Waals surface area contributed by atoms with Crippen molar-refractivity contribution in [2.45, 2.75) is 39.7 Å². The van der Waals surface area contributed by atoms with Gasteiger partial charge in [-0.1, -0.05) is 5.16 Å². The van der Waals surface area contributed by atoms with Gasteiger partial charge in [0, 0.05) is 38.1 Å². The Hall–Kier alpha value is -2.11. The third-order valence-corrected chi connectivity index (χ3v) is 4.25. The summed E-state index contributed by atoms with van der Waals surface area (Å²) >= 11 is 0. The molecule has 1 saturated heterocycles. The van der Waals surface area contributed by atoms with Gasteiger partial charge in [0.2, 0.25) is 5.91 Å². The molecule has 2 aromatic heterocycles. The fourth-order valence-corrected chi connectivity index (χ4v) is 3.08. The Morgan fingerprint density at radius 2 is 2.32 bits per heavy atom. The Bertz CT molecular complexity index is 646. The van der Waals surface area contributed by atoms with E-state index >= 15 is 0 Å². The highest BCUT2D eigenvalue weighted by atomic mass is 16.5. The number of rotatable bonds is 4. The van der Waals surface area contributed by atoms with Crippen molar-refractivity contribution in [3.63, 3.8) is 0 Å². The van der Waals surface area contributed by atoms with Gasteiger partial charge in [-0.15, -0.1) is 0 Å². The fraction of sp³-hybridized carbons (Fsp3) is 0.562. The van der Waals surface area contributed by atoms with Crippen LogP contribution in [0.25, 0.3) is 0 Å². The van der Waals surface area contributed by atoms with Crippen LogP contribution in [0, 0.1) is 19.8 Å². The first-order chi connectivity index (χ1) is 10.6. The topological polar surface area (TPSA) is 64.2 Å². The van der Waals surface area contributed by atoms with Crippen LogP contribution in [0.2, 0.25) is 0 Å². The summed E-state index contributed by atoms with van der Waals surface area (Å²) in [6, 6.07) is 1.83. The van der Waals surface area contributed by atoms with Gasteiger partial charge in [0.05, 0.1) is 12.1 Å². The van der Waals surface area contributed by atoms with Gasteiger partial charge in [-0.3, -0.25) is 4.79 Å². The predicted molar refractivity (Wildman–Crippen MR) is 81.2 cm³/mol. The summed E-state index contributed by atoms with van der Waals surface area (Å²) < 4.78 is 7.31. The summed E-state index contributed by atoms with van der Waals surface area (Å²) in [7, 11) is 0. The van der Waals surface area contributed by atoms with Crippen molar-refractivity contribution in [2.24, 2.45) is 5.92 Å². The summed E-state index contributed by atoms with van der Waals surface area (Å²) in [5.74, 6) is 2.29. The molecular weight excluding hydrogens is 280 g/mol. The third kappa shape index (κ3) is 3.37. The number of imidazole rings is 1. The lowest BCUT2D eigenvalue weighted by Gasteiger charge is -2.33. The van der Waals surface area contributed by atoms with E-state index in [1.165, 1.54) is 0 Å². The number of hydrogen-bond acceptors (Lipinski definition) is 4. The van der Waals surface area contributed by atoms with E-state index in [9.17, 15) is 4.79 Å². The number of likely N-dealkylation sites (tertiary alicyclic amines) is 1. The van der Waals surface area contributed by atoms with Gasteiger partial charge in [-0.25, -0.2) is 4.98 Å². The molecule has 0 spiro atoms. The molecule has 1 amide bonds. The average molecular weight is 302 g/mol. The molecule has 0 N–H and O–H groups in total. The van der Waals surface area contributed by atoms with Crippen LogP contribution in [0.5, 0.6) is 0 Å². The van der Waals surface area contributed by atoms with Crippen molar-refractivity contribution in [1.29, 1.82) is 0 Å². The molecule has 2 aromatic rings. The molecular formula is C16H22N4O2. The Morgan fingerprint density at radius 1 is 1.45 bits per heavy atom. The Kier molecular flexibility index (Phi) is 4.27. The molecule has 0 saturated carbocycles.